The quantitative estimate of drug-likeness (QED) is 0.770. The van der Waals surface area contributed by atoms with Crippen LogP contribution in [0, 0.1) is 0 Å². The number of imidazole rings is 1. The largest absolute Gasteiger partial charge is 0.352 e. The summed E-state index contributed by atoms with van der Waals surface area (Å²) in [6.07, 6.45) is 1.65. The summed E-state index contributed by atoms with van der Waals surface area (Å²) in [4.78, 5) is 23.3. The van der Waals surface area contributed by atoms with E-state index in [0.29, 0.717) is 23.7 Å². The lowest BCUT2D eigenvalue weighted by molar-refractivity contribution is 0.612. The van der Waals surface area contributed by atoms with E-state index in [2.05, 4.69) is 20.3 Å². The van der Waals surface area contributed by atoms with E-state index >= 15 is 0 Å². The summed E-state index contributed by atoms with van der Waals surface area (Å²) in [5.74, 6) is 0.457. The van der Waals surface area contributed by atoms with E-state index in [0.717, 1.165) is 5.56 Å². The topological polar surface area (TPSA) is 75.6 Å². The van der Waals surface area contributed by atoms with Crippen LogP contribution in [0.1, 0.15) is 25.5 Å². The summed E-state index contributed by atoms with van der Waals surface area (Å²) in [5, 5.41) is 3.14. The third-order valence-corrected chi connectivity index (χ3v) is 3.29. The number of nitrogens with one attached hydrogen (secondary N) is 2. The molecule has 0 unspecified atom stereocenters. The van der Waals surface area contributed by atoms with Crippen molar-refractivity contribution in [1.29, 1.82) is 0 Å². The van der Waals surface area contributed by atoms with Crippen molar-refractivity contribution >= 4 is 17.1 Å². The number of benzene rings is 1. The number of aromatic nitrogens is 4. The highest BCUT2D eigenvalue weighted by atomic mass is 16.1. The first-order valence-corrected chi connectivity index (χ1v) is 6.90. The zero-order valence-corrected chi connectivity index (χ0v) is 12.0. The van der Waals surface area contributed by atoms with Crippen LogP contribution in [0.4, 0.5) is 5.95 Å². The minimum atomic E-state index is -0.227. The third kappa shape index (κ3) is 2.65. The molecule has 3 rings (SSSR count). The van der Waals surface area contributed by atoms with Crippen LogP contribution >= 0.6 is 0 Å². The number of H-pyrrole nitrogens is 1. The Bertz CT molecular complexity index is 804. The SMILES string of the molecule is CC(C)n1cnc2c(=O)[nH]c(NCc3ccccc3)nc21. The molecule has 0 fully saturated rings. The molecule has 0 atom stereocenters. The predicted molar refractivity (Wildman–Crippen MR) is 82.3 cm³/mol. The zero-order chi connectivity index (χ0) is 14.8. The van der Waals surface area contributed by atoms with Gasteiger partial charge in [-0.25, -0.2) is 4.98 Å². The fourth-order valence-corrected chi connectivity index (χ4v) is 2.17. The van der Waals surface area contributed by atoms with Crippen molar-refractivity contribution in [3.8, 4) is 0 Å². The van der Waals surface area contributed by atoms with Gasteiger partial charge in [0, 0.05) is 12.6 Å². The van der Waals surface area contributed by atoms with Crippen LogP contribution in [0.15, 0.2) is 41.5 Å². The first-order valence-electron chi connectivity index (χ1n) is 6.90. The van der Waals surface area contributed by atoms with Crippen LogP contribution in [0.25, 0.3) is 11.2 Å². The molecular formula is C15H17N5O. The minimum absolute atomic E-state index is 0.200. The van der Waals surface area contributed by atoms with E-state index in [1.807, 2.05) is 48.7 Å². The van der Waals surface area contributed by atoms with E-state index < -0.39 is 0 Å². The Morgan fingerprint density at radius 2 is 2.05 bits per heavy atom. The third-order valence-electron chi connectivity index (χ3n) is 3.29. The fraction of sp³-hybridized carbons (Fsp3) is 0.267. The lowest BCUT2D eigenvalue weighted by Crippen LogP contribution is -2.14. The Morgan fingerprint density at radius 1 is 1.29 bits per heavy atom. The smallest absolute Gasteiger partial charge is 0.280 e. The Balaban J connectivity index is 1.92. The van der Waals surface area contributed by atoms with E-state index in [1.54, 1.807) is 6.33 Å². The number of aromatic amines is 1. The van der Waals surface area contributed by atoms with Crippen molar-refractivity contribution < 1.29 is 0 Å². The number of hydrogen-bond donors (Lipinski definition) is 2. The molecule has 0 aliphatic carbocycles. The molecule has 2 N–H and O–H groups in total. The maximum Gasteiger partial charge on any atom is 0.280 e. The Kier molecular flexibility index (Phi) is 3.43. The second kappa shape index (κ2) is 5.40. The van der Waals surface area contributed by atoms with Gasteiger partial charge in [0.05, 0.1) is 6.33 Å². The molecule has 6 heteroatoms. The van der Waals surface area contributed by atoms with Gasteiger partial charge in [0.15, 0.2) is 11.2 Å². The van der Waals surface area contributed by atoms with Gasteiger partial charge in [0.2, 0.25) is 5.95 Å². The Hall–Kier alpha value is -2.63. The molecule has 0 aliphatic rings. The highest BCUT2D eigenvalue weighted by Crippen LogP contribution is 2.13. The summed E-state index contributed by atoms with van der Waals surface area (Å²) in [7, 11) is 0. The van der Waals surface area contributed by atoms with E-state index in [4.69, 9.17) is 0 Å². The highest BCUT2D eigenvalue weighted by Gasteiger charge is 2.11. The standard InChI is InChI=1S/C15H17N5O/c1-10(2)20-9-17-12-13(20)18-15(19-14(12)21)16-8-11-6-4-3-5-7-11/h3-7,9-10H,8H2,1-2H3,(H2,16,18,19,21). The molecule has 0 spiro atoms. The molecule has 2 heterocycles. The van der Waals surface area contributed by atoms with E-state index in [-0.39, 0.29) is 11.6 Å². The van der Waals surface area contributed by atoms with Crippen LogP contribution < -0.4 is 10.9 Å². The number of anilines is 1. The molecule has 0 saturated heterocycles. The van der Waals surface area contributed by atoms with Gasteiger partial charge in [0.1, 0.15) is 0 Å². The van der Waals surface area contributed by atoms with Gasteiger partial charge in [0.25, 0.3) is 5.56 Å². The zero-order valence-electron chi connectivity index (χ0n) is 12.0. The molecule has 2 aromatic heterocycles. The minimum Gasteiger partial charge on any atom is -0.352 e. The van der Waals surface area contributed by atoms with Crippen LogP contribution in [0.3, 0.4) is 0 Å². The second-order valence-electron chi connectivity index (χ2n) is 5.17. The van der Waals surface area contributed by atoms with Crippen molar-refractivity contribution in [3.63, 3.8) is 0 Å². The molecule has 0 amide bonds. The van der Waals surface area contributed by atoms with Gasteiger partial charge in [-0.1, -0.05) is 30.3 Å². The Morgan fingerprint density at radius 3 is 2.76 bits per heavy atom. The lowest BCUT2D eigenvalue weighted by atomic mass is 10.2. The average Bonchev–Trinajstić information content (AvgIpc) is 2.91. The number of nitrogens with zero attached hydrogens (tertiary/aromatic N) is 3. The number of rotatable bonds is 4. The van der Waals surface area contributed by atoms with Crippen LogP contribution in [-0.4, -0.2) is 19.5 Å². The number of fused-ring (bicyclic) bond motifs is 1. The first-order chi connectivity index (χ1) is 10.1. The predicted octanol–water partition coefficient (Wildman–Crippen LogP) is 2.31. The van der Waals surface area contributed by atoms with Crippen molar-refractivity contribution in [3.05, 3.63) is 52.6 Å². The van der Waals surface area contributed by atoms with Gasteiger partial charge < -0.3 is 9.88 Å². The highest BCUT2D eigenvalue weighted by molar-refractivity contribution is 5.70. The average molecular weight is 283 g/mol. The number of hydrogen-bond acceptors (Lipinski definition) is 4. The second-order valence-corrected chi connectivity index (χ2v) is 5.17. The monoisotopic (exact) mass is 283 g/mol. The molecule has 21 heavy (non-hydrogen) atoms. The molecule has 1 aromatic carbocycles. The molecule has 6 nitrogen and oxygen atoms in total. The molecule has 0 radical (unpaired) electrons. The maximum absolute atomic E-state index is 12.0. The fourth-order valence-electron chi connectivity index (χ4n) is 2.17. The molecule has 3 aromatic rings. The van der Waals surface area contributed by atoms with Gasteiger partial charge in [-0.2, -0.15) is 4.98 Å². The summed E-state index contributed by atoms with van der Waals surface area (Å²) >= 11 is 0. The van der Waals surface area contributed by atoms with E-state index in [1.165, 1.54) is 0 Å². The molecule has 0 aliphatic heterocycles. The summed E-state index contributed by atoms with van der Waals surface area (Å²) in [6.45, 7) is 4.66. The molecule has 0 bridgehead atoms. The van der Waals surface area contributed by atoms with Crippen LogP contribution in [-0.2, 0) is 6.54 Å². The molecule has 108 valence electrons. The van der Waals surface area contributed by atoms with Crippen molar-refractivity contribution in [2.24, 2.45) is 0 Å². The van der Waals surface area contributed by atoms with Crippen molar-refractivity contribution in [1.82, 2.24) is 19.5 Å². The summed E-state index contributed by atoms with van der Waals surface area (Å²) < 4.78 is 1.89. The Labute approximate surface area is 121 Å². The van der Waals surface area contributed by atoms with Crippen LogP contribution in [0.5, 0.6) is 0 Å². The van der Waals surface area contributed by atoms with E-state index in [9.17, 15) is 4.79 Å². The maximum atomic E-state index is 12.0. The molecule has 0 saturated carbocycles. The lowest BCUT2D eigenvalue weighted by Gasteiger charge is -2.09. The van der Waals surface area contributed by atoms with Gasteiger partial charge in [-0.3, -0.25) is 9.78 Å². The first kappa shape index (κ1) is 13.4. The van der Waals surface area contributed by atoms with Gasteiger partial charge in [-0.05, 0) is 19.4 Å². The summed E-state index contributed by atoms with van der Waals surface area (Å²) in [5.41, 5.74) is 1.87. The normalized spacial score (nSPS) is 11.2. The van der Waals surface area contributed by atoms with Crippen molar-refractivity contribution in [2.45, 2.75) is 26.4 Å². The van der Waals surface area contributed by atoms with Crippen LogP contribution in [0.2, 0.25) is 0 Å². The molecular weight excluding hydrogens is 266 g/mol. The van der Waals surface area contributed by atoms with Gasteiger partial charge in [-0.15, -0.1) is 0 Å². The van der Waals surface area contributed by atoms with Crippen molar-refractivity contribution in [2.75, 3.05) is 5.32 Å². The summed E-state index contributed by atoms with van der Waals surface area (Å²) in [6, 6.07) is 10.2. The van der Waals surface area contributed by atoms with Gasteiger partial charge >= 0.3 is 0 Å².